The number of hydrogen-bond donors (Lipinski definition) is 2. The maximum atomic E-state index is 13.0. The molecular formula is C25H37Cl2N3O5S. The lowest BCUT2D eigenvalue weighted by Crippen LogP contribution is -2.58. The molecule has 2 N–H and O–H groups in total. The lowest BCUT2D eigenvalue weighted by molar-refractivity contribution is -0.142. The highest BCUT2D eigenvalue weighted by atomic mass is 35.5. The molecule has 0 bridgehead atoms. The van der Waals surface area contributed by atoms with Crippen molar-refractivity contribution < 1.29 is 24.0 Å². The summed E-state index contributed by atoms with van der Waals surface area (Å²) in [6.07, 6.45) is 0.923. The van der Waals surface area contributed by atoms with E-state index in [1.165, 1.54) is 6.07 Å². The van der Waals surface area contributed by atoms with E-state index in [0.29, 0.717) is 49.6 Å². The Labute approximate surface area is 226 Å². The van der Waals surface area contributed by atoms with Crippen molar-refractivity contribution in [1.82, 2.24) is 14.5 Å². The second kappa shape index (κ2) is 11.2. The maximum absolute atomic E-state index is 13.0. The Morgan fingerprint density at radius 3 is 2.17 bits per heavy atom. The fourth-order valence-electron chi connectivity index (χ4n) is 4.33. The molecule has 2 heterocycles. The molecule has 2 fully saturated rings. The Hall–Kier alpha value is -1.39. The summed E-state index contributed by atoms with van der Waals surface area (Å²) in [5, 5.41) is 11.2. The number of carbonyl (C=O) groups is 2. The molecule has 1 unspecified atom stereocenters. The number of hydrogen-bond acceptors (Lipinski definition) is 6. The number of piperidine rings is 1. The van der Waals surface area contributed by atoms with Crippen LogP contribution in [0.15, 0.2) is 12.1 Å². The normalized spacial score (nSPS) is 19.6. The molecule has 8 nitrogen and oxygen atoms in total. The van der Waals surface area contributed by atoms with E-state index in [0.717, 1.165) is 0 Å². The number of carbonyl (C=O) groups excluding carboxylic acids is 2. The third-order valence-corrected chi connectivity index (χ3v) is 8.70. The van der Waals surface area contributed by atoms with Crippen LogP contribution in [-0.4, -0.2) is 68.0 Å². The molecule has 1 aromatic rings. The van der Waals surface area contributed by atoms with E-state index in [9.17, 15) is 19.2 Å². The second-order valence-corrected chi connectivity index (χ2v) is 14.4. The summed E-state index contributed by atoms with van der Waals surface area (Å²) in [6, 6.07) is 2.59. The lowest BCUT2D eigenvalue weighted by Gasteiger charge is -2.43. The topological polar surface area (TPSA) is 105 Å². The smallest absolute Gasteiger partial charge is 0.410 e. The maximum Gasteiger partial charge on any atom is 0.410 e. The van der Waals surface area contributed by atoms with Crippen molar-refractivity contribution in [1.29, 1.82) is 0 Å². The summed E-state index contributed by atoms with van der Waals surface area (Å²) in [7, 11) is 0. The summed E-state index contributed by atoms with van der Waals surface area (Å²) in [4.78, 5) is 28.6. The monoisotopic (exact) mass is 561 g/mol. The molecule has 0 aliphatic carbocycles. The van der Waals surface area contributed by atoms with Gasteiger partial charge in [-0.1, -0.05) is 23.2 Å². The van der Waals surface area contributed by atoms with Gasteiger partial charge in [0.15, 0.2) is 0 Å². The molecule has 36 heavy (non-hydrogen) atoms. The third kappa shape index (κ3) is 7.13. The first kappa shape index (κ1) is 29.2. The summed E-state index contributed by atoms with van der Waals surface area (Å²) >= 11 is 10.9. The predicted molar refractivity (Wildman–Crippen MR) is 142 cm³/mol. The molecule has 2 amide bonds. The average Bonchev–Trinajstić information content (AvgIpc) is 2.71. The summed E-state index contributed by atoms with van der Waals surface area (Å²) in [5.41, 5.74) is -0.0309. The van der Waals surface area contributed by atoms with Crippen LogP contribution in [0, 0.1) is 11.8 Å². The van der Waals surface area contributed by atoms with E-state index in [1.54, 1.807) is 11.0 Å². The Kier molecular flexibility index (Phi) is 9.04. The van der Waals surface area contributed by atoms with Crippen molar-refractivity contribution in [3.8, 4) is 5.75 Å². The highest BCUT2D eigenvalue weighted by molar-refractivity contribution is 7.90. The molecule has 0 spiro atoms. The van der Waals surface area contributed by atoms with Gasteiger partial charge >= 0.3 is 6.09 Å². The third-order valence-electron chi connectivity index (χ3n) is 6.40. The number of aromatic hydroxyl groups is 1. The van der Waals surface area contributed by atoms with Crippen LogP contribution in [0.1, 0.15) is 66.0 Å². The molecule has 0 aromatic heterocycles. The van der Waals surface area contributed by atoms with E-state index >= 15 is 0 Å². The number of nitrogens with one attached hydrogen (secondary N) is 1. The van der Waals surface area contributed by atoms with Crippen molar-refractivity contribution >= 4 is 46.6 Å². The second-order valence-electron chi connectivity index (χ2n) is 11.5. The van der Waals surface area contributed by atoms with E-state index in [-0.39, 0.29) is 28.5 Å². The fraction of sp³-hybridized carbons (Fsp3) is 0.680. The molecule has 1 aromatic carbocycles. The first-order chi connectivity index (χ1) is 16.6. The van der Waals surface area contributed by atoms with Crippen molar-refractivity contribution in [2.75, 3.05) is 26.2 Å². The number of amides is 2. The van der Waals surface area contributed by atoms with E-state index in [2.05, 4.69) is 4.72 Å². The van der Waals surface area contributed by atoms with Gasteiger partial charge in [0.25, 0.3) is 0 Å². The van der Waals surface area contributed by atoms with Gasteiger partial charge in [0, 0.05) is 49.2 Å². The highest BCUT2D eigenvalue weighted by Gasteiger charge is 2.42. The number of phenolic OH excluding ortho intramolecular Hbond substituents is 1. The minimum absolute atomic E-state index is 0.0111. The highest BCUT2D eigenvalue weighted by Crippen LogP contribution is 2.40. The van der Waals surface area contributed by atoms with Crippen LogP contribution in [0.5, 0.6) is 5.75 Å². The molecular weight excluding hydrogens is 525 g/mol. The number of rotatable bonds is 5. The minimum atomic E-state index is -1.39. The molecule has 0 radical (unpaired) electrons. The van der Waals surface area contributed by atoms with Crippen molar-refractivity contribution in [2.24, 2.45) is 11.8 Å². The van der Waals surface area contributed by atoms with Crippen LogP contribution in [-0.2, 0) is 20.9 Å². The van der Waals surface area contributed by atoms with Gasteiger partial charge in [-0.3, -0.25) is 4.79 Å². The molecule has 202 valence electrons. The van der Waals surface area contributed by atoms with Gasteiger partial charge in [0.1, 0.15) is 16.1 Å². The van der Waals surface area contributed by atoms with E-state index < -0.39 is 33.8 Å². The summed E-state index contributed by atoms with van der Waals surface area (Å²) < 4.78 is 21.1. The number of halogens is 2. The Balaban J connectivity index is 1.64. The first-order valence-electron chi connectivity index (χ1n) is 12.2. The Morgan fingerprint density at radius 1 is 1.08 bits per heavy atom. The van der Waals surface area contributed by atoms with Gasteiger partial charge in [-0.25, -0.2) is 4.79 Å². The van der Waals surface area contributed by atoms with Crippen molar-refractivity contribution in [3.05, 3.63) is 27.7 Å². The molecule has 2 aliphatic rings. The number of benzene rings is 1. The zero-order valence-corrected chi connectivity index (χ0v) is 24.1. The van der Waals surface area contributed by atoms with Crippen molar-refractivity contribution in [3.63, 3.8) is 0 Å². The molecule has 2 aliphatic heterocycles. The minimum Gasteiger partial charge on any atom is -0.598 e. The van der Waals surface area contributed by atoms with Crippen LogP contribution in [0.4, 0.5) is 4.79 Å². The van der Waals surface area contributed by atoms with Gasteiger partial charge < -0.3 is 24.2 Å². The van der Waals surface area contributed by atoms with E-state index in [4.69, 9.17) is 27.9 Å². The number of likely N-dealkylation sites (tertiary alicyclic amines) is 2. The SMILES string of the molecule is CC(C)(C)OC(=O)N1CC(C(=O)N2CCC([C@@H](N[S+]([O-])C(C)(C)C)c3cc(Cl)c(Cl)cc3O)CC2)C1. The number of nitrogens with zero attached hydrogens (tertiary/aromatic N) is 2. The van der Waals surface area contributed by atoms with E-state index in [1.807, 2.05) is 46.4 Å². The molecule has 11 heteroatoms. The van der Waals surface area contributed by atoms with Crippen LogP contribution in [0.25, 0.3) is 0 Å². The molecule has 2 saturated heterocycles. The summed E-state index contributed by atoms with van der Waals surface area (Å²) in [5.74, 6) is -0.185. The fourth-order valence-corrected chi connectivity index (χ4v) is 5.56. The zero-order valence-electron chi connectivity index (χ0n) is 21.8. The van der Waals surface area contributed by atoms with Gasteiger partial charge in [-0.2, -0.15) is 0 Å². The largest absolute Gasteiger partial charge is 0.598 e. The van der Waals surface area contributed by atoms with Crippen LogP contribution >= 0.6 is 23.2 Å². The molecule has 0 saturated carbocycles. The Morgan fingerprint density at radius 2 is 1.64 bits per heavy atom. The molecule has 2 atom stereocenters. The number of ether oxygens (including phenoxy) is 1. The van der Waals surface area contributed by atoms with Crippen LogP contribution < -0.4 is 4.72 Å². The average molecular weight is 563 g/mol. The zero-order chi connectivity index (χ0) is 27.0. The van der Waals surface area contributed by atoms with Crippen LogP contribution in [0.2, 0.25) is 10.0 Å². The van der Waals surface area contributed by atoms with Gasteiger partial charge in [0.2, 0.25) is 5.91 Å². The number of phenols is 1. The Bertz CT molecular complexity index is 968. The molecule has 3 rings (SSSR count). The summed E-state index contributed by atoms with van der Waals surface area (Å²) in [6.45, 7) is 12.9. The van der Waals surface area contributed by atoms with Crippen molar-refractivity contribution in [2.45, 2.75) is 70.8 Å². The first-order valence-corrected chi connectivity index (χ1v) is 14.1. The standard InChI is InChI=1S/C25H37Cl2N3O5S/c1-24(2,3)35-23(33)30-13-16(14-30)22(32)29-9-7-15(8-10-29)21(28-36(34)25(4,5)6)17-11-18(26)19(27)12-20(17)31/h11-12,15-16,21,28,31H,7-10,13-14H2,1-6H3/t21-,36?/m1/s1. The van der Waals surface area contributed by atoms with Gasteiger partial charge in [0.05, 0.1) is 22.0 Å². The lowest BCUT2D eigenvalue weighted by atomic mass is 9.85. The quantitative estimate of drug-likeness (QED) is 0.495. The predicted octanol–water partition coefficient (Wildman–Crippen LogP) is 4.90. The van der Waals surface area contributed by atoms with Gasteiger partial charge in [-0.15, -0.1) is 4.72 Å². The van der Waals surface area contributed by atoms with Crippen LogP contribution in [0.3, 0.4) is 0 Å². The van der Waals surface area contributed by atoms with Gasteiger partial charge in [-0.05, 0) is 66.4 Å².